The molecule has 0 aliphatic carbocycles. The summed E-state index contributed by atoms with van der Waals surface area (Å²) in [6, 6.07) is 7.52. The molecule has 0 spiro atoms. The first-order valence-corrected chi connectivity index (χ1v) is 9.22. The Morgan fingerprint density at radius 1 is 1.32 bits per heavy atom. The van der Waals surface area contributed by atoms with E-state index in [-0.39, 0.29) is 5.91 Å². The number of ether oxygens (including phenoxy) is 1. The Hall–Kier alpha value is -2.25. The Kier molecular flexibility index (Phi) is 6.14. The molecule has 0 unspecified atom stereocenters. The quantitative estimate of drug-likeness (QED) is 0.803. The minimum atomic E-state index is -0.219. The van der Waals surface area contributed by atoms with Crippen molar-refractivity contribution in [2.75, 3.05) is 25.5 Å². The van der Waals surface area contributed by atoms with Gasteiger partial charge >= 0.3 is 0 Å². The highest BCUT2D eigenvalue weighted by molar-refractivity contribution is 7.15. The van der Waals surface area contributed by atoms with Gasteiger partial charge in [0.05, 0.1) is 13.7 Å². The number of carbonyl (C=O) groups excluding carboxylic acids is 1. The van der Waals surface area contributed by atoms with Crippen molar-refractivity contribution >= 4 is 28.5 Å². The summed E-state index contributed by atoms with van der Waals surface area (Å²) >= 11 is 1.43. The molecule has 1 aromatic carbocycles. The lowest BCUT2D eigenvalue weighted by molar-refractivity contribution is -0.111. The van der Waals surface area contributed by atoms with Gasteiger partial charge in [0.15, 0.2) is 0 Å². The van der Waals surface area contributed by atoms with Crippen LogP contribution in [0.2, 0.25) is 0 Å². The number of amides is 1. The van der Waals surface area contributed by atoms with E-state index in [0.717, 1.165) is 36.0 Å². The Bertz CT molecular complexity index is 738. The fraction of sp³-hybridized carbons (Fsp3) is 0.389. The van der Waals surface area contributed by atoms with Crippen LogP contribution in [-0.2, 0) is 11.3 Å². The molecular formula is C18H22N4O2S. The van der Waals surface area contributed by atoms with Gasteiger partial charge in [0.2, 0.25) is 11.0 Å². The van der Waals surface area contributed by atoms with Crippen molar-refractivity contribution in [1.82, 2.24) is 15.1 Å². The molecule has 1 aromatic heterocycles. The zero-order valence-electron chi connectivity index (χ0n) is 14.3. The van der Waals surface area contributed by atoms with E-state index in [1.165, 1.54) is 36.7 Å². The molecule has 25 heavy (non-hydrogen) atoms. The Morgan fingerprint density at radius 2 is 2.16 bits per heavy atom. The van der Waals surface area contributed by atoms with Crippen LogP contribution in [0.5, 0.6) is 5.75 Å². The third-order valence-electron chi connectivity index (χ3n) is 4.03. The van der Waals surface area contributed by atoms with Gasteiger partial charge < -0.3 is 4.74 Å². The number of methoxy groups -OCH3 is 1. The molecule has 1 aliphatic heterocycles. The van der Waals surface area contributed by atoms with Gasteiger partial charge in [0, 0.05) is 6.08 Å². The van der Waals surface area contributed by atoms with Crippen molar-refractivity contribution < 1.29 is 9.53 Å². The number of carbonyl (C=O) groups is 1. The summed E-state index contributed by atoms with van der Waals surface area (Å²) in [5, 5.41) is 12.5. The van der Waals surface area contributed by atoms with Crippen LogP contribution in [0, 0.1) is 0 Å². The summed E-state index contributed by atoms with van der Waals surface area (Å²) in [6.07, 6.45) is 7.04. The molecule has 1 saturated heterocycles. The maximum atomic E-state index is 12.0. The summed E-state index contributed by atoms with van der Waals surface area (Å²) in [7, 11) is 1.62. The monoisotopic (exact) mass is 358 g/mol. The lowest BCUT2D eigenvalue weighted by Gasteiger charge is -2.24. The summed E-state index contributed by atoms with van der Waals surface area (Å²) in [5.74, 6) is 0.539. The molecule has 132 valence electrons. The highest BCUT2D eigenvalue weighted by Crippen LogP contribution is 2.19. The van der Waals surface area contributed by atoms with Crippen LogP contribution in [0.4, 0.5) is 5.13 Å². The predicted octanol–water partition coefficient (Wildman–Crippen LogP) is 3.18. The van der Waals surface area contributed by atoms with Crippen LogP contribution in [0.25, 0.3) is 6.08 Å². The van der Waals surface area contributed by atoms with Crippen molar-refractivity contribution in [3.63, 3.8) is 0 Å². The smallest absolute Gasteiger partial charge is 0.250 e. The molecule has 7 heteroatoms. The normalized spacial score (nSPS) is 15.4. The highest BCUT2D eigenvalue weighted by atomic mass is 32.1. The van der Waals surface area contributed by atoms with Gasteiger partial charge in [-0.05, 0) is 49.7 Å². The van der Waals surface area contributed by atoms with Crippen LogP contribution in [0.1, 0.15) is 29.8 Å². The third-order valence-corrected chi connectivity index (χ3v) is 4.85. The second-order valence-electron chi connectivity index (χ2n) is 5.94. The SMILES string of the molecule is COc1cccc(/C=C/C(=O)Nc2nnc(CN3CCCCC3)s2)c1. The first-order valence-electron chi connectivity index (χ1n) is 8.41. The molecule has 1 amide bonds. The van der Waals surface area contributed by atoms with Crippen molar-refractivity contribution in [3.05, 3.63) is 40.9 Å². The number of likely N-dealkylation sites (tertiary alicyclic amines) is 1. The van der Waals surface area contributed by atoms with E-state index in [1.54, 1.807) is 13.2 Å². The minimum absolute atomic E-state index is 0.219. The average molecular weight is 358 g/mol. The lowest BCUT2D eigenvalue weighted by atomic mass is 10.1. The lowest BCUT2D eigenvalue weighted by Crippen LogP contribution is -2.28. The summed E-state index contributed by atoms with van der Waals surface area (Å²) in [5.41, 5.74) is 0.901. The first-order chi connectivity index (χ1) is 12.2. The van der Waals surface area contributed by atoms with E-state index in [2.05, 4.69) is 20.4 Å². The Morgan fingerprint density at radius 3 is 2.96 bits per heavy atom. The van der Waals surface area contributed by atoms with Crippen molar-refractivity contribution in [2.24, 2.45) is 0 Å². The van der Waals surface area contributed by atoms with Gasteiger partial charge in [-0.25, -0.2) is 0 Å². The summed E-state index contributed by atoms with van der Waals surface area (Å²) < 4.78 is 5.17. The zero-order valence-corrected chi connectivity index (χ0v) is 15.1. The highest BCUT2D eigenvalue weighted by Gasteiger charge is 2.13. The van der Waals surface area contributed by atoms with Crippen LogP contribution < -0.4 is 10.1 Å². The van der Waals surface area contributed by atoms with E-state index < -0.39 is 0 Å². The van der Waals surface area contributed by atoms with Crippen LogP contribution in [-0.4, -0.2) is 41.2 Å². The van der Waals surface area contributed by atoms with Gasteiger partial charge in [-0.3, -0.25) is 15.0 Å². The molecule has 0 atom stereocenters. The van der Waals surface area contributed by atoms with Crippen molar-refractivity contribution in [1.29, 1.82) is 0 Å². The number of benzene rings is 1. The van der Waals surface area contributed by atoms with E-state index in [9.17, 15) is 4.79 Å². The number of aromatic nitrogens is 2. The van der Waals surface area contributed by atoms with Gasteiger partial charge in [-0.15, -0.1) is 10.2 Å². The van der Waals surface area contributed by atoms with Gasteiger partial charge in [0.25, 0.3) is 0 Å². The Balaban J connectivity index is 1.53. The number of nitrogens with one attached hydrogen (secondary N) is 1. The van der Waals surface area contributed by atoms with Gasteiger partial charge in [0.1, 0.15) is 10.8 Å². The molecule has 3 rings (SSSR count). The number of rotatable bonds is 6. The number of anilines is 1. The summed E-state index contributed by atoms with van der Waals surface area (Å²) in [6.45, 7) is 3.04. The van der Waals surface area contributed by atoms with E-state index >= 15 is 0 Å². The number of nitrogens with zero attached hydrogens (tertiary/aromatic N) is 3. The largest absolute Gasteiger partial charge is 0.497 e. The Labute approximate surface area is 151 Å². The molecule has 2 aromatic rings. The molecule has 1 fully saturated rings. The second-order valence-corrected chi connectivity index (χ2v) is 7.00. The van der Waals surface area contributed by atoms with E-state index in [0.29, 0.717) is 5.13 Å². The van der Waals surface area contributed by atoms with Gasteiger partial charge in [-0.2, -0.15) is 0 Å². The fourth-order valence-corrected chi connectivity index (χ4v) is 3.53. The minimum Gasteiger partial charge on any atom is -0.497 e. The number of piperidine rings is 1. The van der Waals surface area contributed by atoms with Crippen LogP contribution in [0.3, 0.4) is 0 Å². The topological polar surface area (TPSA) is 67.3 Å². The maximum absolute atomic E-state index is 12.0. The molecule has 0 saturated carbocycles. The number of hydrogen-bond acceptors (Lipinski definition) is 6. The second kappa shape index (κ2) is 8.73. The van der Waals surface area contributed by atoms with Crippen LogP contribution in [0.15, 0.2) is 30.3 Å². The fourth-order valence-electron chi connectivity index (χ4n) is 2.74. The third kappa shape index (κ3) is 5.37. The molecular weight excluding hydrogens is 336 g/mol. The molecule has 1 aliphatic rings. The van der Waals surface area contributed by atoms with Crippen molar-refractivity contribution in [3.8, 4) is 5.75 Å². The molecule has 6 nitrogen and oxygen atoms in total. The van der Waals surface area contributed by atoms with E-state index in [4.69, 9.17) is 4.74 Å². The van der Waals surface area contributed by atoms with E-state index in [1.807, 2.05) is 24.3 Å². The predicted molar refractivity (Wildman–Crippen MR) is 99.7 cm³/mol. The summed E-state index contributed by atoms with van der Waals surface area (Å²) in [4.78, 5) is 14.4. The standard InChI is InChI=1S/C18H22N4O2S/c1-24-15-7-5-6-14(12-15)8-9-16(23)19-18-21-20-17(25-18)13-22-10-3-2-4-11-22/h5-9,12H,2-4,10-11,13H2,1H3,(H,19,21,23)/b9-8+. The molecule has 0 bridgehead atoms. The molecule has 0 radical (unpaired) electrons. The molecule has 2 heterocycles. The average Bonchev–Trinajstić information content (AvgIpc) is 3.08. The molecule has 1 N–H and O–H groups in total. The first kappa shape index (κ1) is 17.6. The van der Waals surface area contributed by atoms with Crippen molar-refractivity contribution in [2.45, 2.75) is 25.8 Å². The maximum Gasteiger partial charge on any atom is 0.250 e. The van der Waals surface area contributed by atoms with Crippen LogP contribution >= 0.6 is 11.3 Å². The zero-order chi connectivity index (χ0) is 17.5. The van der Waals surface area contributed by atoms with Gasteiger partial charge in [-0.1, -0.05) is 29.9 Å². The number of hydrogen-bond donors (Lipinski definition) is 1.